The summed E-state index contributed by atoms with van der Waals surface area (Å²) in [6, 6.07) is 11.7. The zero-order valence-corrected chi connectivity index (χ0v) is 16.2. The lowest BCUT2D eigenvalue weighted by Gasteiger charge is -2.20. The number of nitrogens with zero attached hydrogens (tertiary/aromatic N) is 1. The minimum Gasteiger partial charge on any atom is -0.493 e. The lowest BCUT2D eigenvalue weighted by molar-refractivity contribution is 0.310. The first-order valence-electron chi connectivity index (χ1n) is 8.51. The Balaban J connectivity index is 2.22. The Hall–Kier alpha value is -2.74. The molecule has 0 saturated carbocycles. The van der Waals surface area contributed by atoms with E-state index < -0.39 is 15.9 Å². The van der Waals surface area contributed by atoms with Crippen LogP contribution >= 0.6 is 0 Å². The van der Waals surface area contributed by atoms with E-state index in [2.05, 4.69) is 4.98 Å². The quantitative estimate of drug-likeness (QED) is 0.669. The van der Waals surface area contributed by atoms with Crippen LogP contribution in [0.3, 0.4) is 0 Å². The third-order valence-corrected chi connectivity index (χ3v) is 5.19. The first-order valence-corrected chi connectivity index (χ1v) is 10.6. The zero-order chi connectivity index (χ0) is 19.6. The van der Waals surface area contributed by atoms with E-state index in [0.717, 1.165) is 6.26 Å². The Morgan fingerprint density at radius 2 is 1.89 bits per heavy atom. The van der Waals surface area contributed by atoms with E-state index in [1.54, 1.807) is 30.3 Å². The third kappa shape index (κ3) is 4.00. The van der Waals surface area contributed by atoms with Crippen molar-refractivity contribution in [3.63, 3.8) is 0 Å². The molecule has 1 aromatic heterocycles. The summed E-state index contributed by atoms with van der Waals surface area (Å²) in [5, 5.41) is 0. The number of rotatable bonds is 7. The second-order valence-corrected chi connectivity index (χ2v) is 8.45. The van der Waals surface area contributed by atoms with Crippen molar-refractivity contribution in [2.45, 2.75) is 13.0 Å². The lowest BCUT2D eigenvalue weighted by atomic mass is 10.1. The maximum absolute atomic E-state index is 12.6. The average molecular weight is 390 g/mol. The number of para-hydroxylation sites is 2. The molecule has 8 heteroatoms. The van der Waals surface area contributed by atoms with Crippen molar-refractivity contribution in [1.82, 2.24) is 9.55 Å². The fourth-order valence-corrected chi connectivity index (χ4v) is 4.07. The van der Waals surface area contributed by atoms with Gasteiger partial charge in [0.15, 0.2) is 11.5 Å². The average Bonchev–Trinajstić information content (AvgIpc) is 2.95. The van der Waals surface area contributed by atoms with Crippen molar-refractivity contribution in [3.8, 4) is 11.5 Å². The number of fused-ring (bicyclic) bond motifs is 1. The Labute approximate surface area is 157 Å². The molecule has 0 amide bonds. The van der Waals surface area contributed by atoms with Crippen LogP contribution in [0.4, 0.5) is 0 Å². The van der Waals surface area contributed by atoms with Crippen molar-refractivity contribution in [1.29, 1.82) is 0 Å². The molecule has 7 nitrogen and oxygen atoms in total. The number of benzene rings is 2. The Morgan fingerprint density at radius 3 is 2.56 bits per heavy atom. The molecule has 27 heavy (non-hydrogen) atoms. The van der Waals surface area contributed by atoms with Crippen LogP contribution in [0.5, 0.6) is 11.5 Å². The van der Waals surface area contributed by atoms with Crippen LogP contribution in [-0.4, -0.2) is 43.7 Å². The van der Waals surface area contributed by atoms with E-state index in [9.17, 15) is 13.2 Å². The van der Waals surface area contributed by atoms with Gasteiger partial charge in [-0.05, 0) is 36.8 Å². The van der Waals surface area contributed by atoms with Gasteiger partial charge >= 0.3 is 5.69 Å². The van der Waals surface area contributed by atoms with E-state index in [0.29, 0.717) is 34.7 Å². The van der Waals surface area contributed by atoms with E-state index in [4.69, 9.17) is 9.47 Å². The number of H-pyrrole nitrogens is 1. The molecule has 0 radical (unpaired) electrons. The second kappa shape index (κ2) is 7.48. The van der Waals surface area contributed by atoms with Crippen LogP contribution in [0, 0.1) is 0 Å². The molecule has 1 atom stereocenters. The van der Waals surface area contributed by atoms with Gasteiger partial charge in [0, 0.05) is 6.26 Å². The molecule has 3 aromatic rings. The van der Waals surface area contributed by atoms with Crippen LogP contribution < -0.4 is 15.2 Å². The number of sulfone groups is 1. The van der Waals surface area contributed by atoms with Crippen molar-refractivity contribution >= 4 is 20.9 Å². The minimum atomic E-state index is -3.37. The van der Waals surface area contributed by atoms with Gasteiger partial charge in [-0.3, -0.25) is 4.57 Å². The maximum atomic E-state index is 12.6. The van der Waals surface area contributed by atoms with Gasteiger partial charge in [-0.25, -0.2) is 13.2 Å². The molecule has 3 rings (SSSR count). The number of methoxy groups -OCH3 is 1. The largest absolute Gasteiger partial charge is 0.493 e. The summed E-state index contributed by atoms with van der Waals surface area (Å²) in [7, 11) is -1.83. The number of imidazole rings is 1. The fraction of sp³-hybridized carbons (Fsp3) is 0.316. The topological polar surface area (TPSA) is 90.4 Å². The molecule has 0 saturated heterocycles. The van der Waals surface area contributed by atoms with Crippen molar-refractivity contribution in [3.05, 3.63) is 58.5 Å². The molecule has 0 aliphatic heterocycles. The van der Waals surface area contributed by atoms with Crippen molar-refractivity contribution < 1.29 is 17.9 Å². The van der Waals surface area contributed by atoms with Gasteiger partial charge < -0.3 is 14.5 Å². The summed E-state index contributed by atoms with van der Waals surface area (Å²) < 4.78 is 36.6. The maximum Gasteiger partial charge on any atom is 0.327 e. The lowest BCUT2D eigenvalue weighted by Crippen LogP contribution is -2.28. The molecule has 144 valence electrons. The van der Waals surface area contributed by atoms with E-state index >= 15 is 0 Å². The second-order valence-electron chi connectivity index (χ2n) is 6.27. The Bertz CT molecular complexity index is 1110. The van der Waals surface area contributed by atoms with Crippen LogP contribution in [0.15, 0.2) is 47.3 Å². The number of nitrogens with one attached hydrogen (secondary N) is 1. The molecule has 2 aromatic carbocycles. The minimum absolute atomic E-state index is 0.216. The van der Waals surface area contributed by atoms with E-state index in [1.807, 2.05) is 19.1 Å². The van der Waals surface area contributed by atoms with Gasteiger partial charge in [0.25, 0.3) is 0 Å². The molecule has 0 bridgehead atoms. The van der Waals surface area contributed by atoms with Gasteiger partial charge in [-0.15, -0.1) is 0 Å². The molecule has 0 fully saturated rings. The summed E-state index contributed by atoms with van der Waals surface area (Å²) in [6.07, 6.45) is 1.16. The fourth-order valence-electron chi connectivity index (χ4n) is 3.16. The number of aromatic amines is 1. The summed E-state index contributed by atoms with van der Waals surface area (Å²) in [5.41, 5.74) is 1.58. The highest BCUT2D eigenvalue weighted by atomic mass is 32.2. The van der Waals surface area contributed by atoms with Crippen LogP contribution in [0.25, 0.3) is 11.0 Å². The highest BCUT2D eigenvalue weighted by Crippen LogP contribution is 2.32. The van der Waals surface area contributed by atoms with Crippen molar-refractivity contribution in [2.24, 2.45) is 0 Å². The summed E-state index contributed by atoms with van der Waals surface area (Å²) >= 11 is 0. The van der Waals surface area contributed by atoms with Gasteiger partial charge in [0.2, 0.25) is 0 Å². The number of aromatic nitrogens is 2. The molecule has 0 aliphatic carbocycles. The summed E-state index contributed by atoms with van der Waals surface area (Å²) in [6.45, 7) is 2.29. The monoisotopic (exact) mass is 390 g/mol. The zero-order valence-electron chi connectivity index (χ0n) is 15.4. The number of ether oxygens (including phenoxy) is 2. The summed E-state index contributed by atoms with van der Waals surface area (Å²) in [4.78, 5) is 15.4. The van der Waals surface area contributed by atoms with Gasteiger partial charge in [0.1, 0.15) is 9.84 Å². The molecule has 1 unspecified atom stereocenters. The van der Waals surface area contributed by atoms with Crippen molar-refractivity contribution in [2.75, 3.05) is 25.7 Å². The Kier molecular flexibility index (Phi) is 5.27. The predicted octanol–water partition coefficient (Wildman–Crippen LogP) is 2.37. The van der Waals surface area contributed by atoms with Gasteiger partial charge in [-0.1, -0.05) is 18.2 Å². The third-order valence-electron chi connectivity index (χ3n) is 4.27. The summed E-state index contributed by atoms with van der Waals surface area (Å²) in [5.74, 6) is 0.834. The molecule has 1 N–H and O–H groups in total. The van der Waals surface area contributed by atoms with E-state index in [-0.39, 0.29) is 11.4 Å². The van der Waals surface area contributed by atoms with Crippen LogP contribution in [0.1, 0.15) is 18.5 Å². The SMILES string of the molecule is CCOc1cc(C(CS(C)(=O)=O)n2c(=O)[nH]c3ccccc32)ccc1OC. The van der Waals surface area contributed by atoms with Gasteiger partial charge in [-0.2, -0.15) is 0 Å². The molecular formula is C19H22N2O5S. The molecule has 1 heterocycles. The molecule has 0 aliphatic rings. The first kappa shape index (κ1) is 19.0. The Morgan fingerprint density at radius 1 is 1.15 bits per heavy atom. The highest BCUT2D eigenvalue weighted by Gasteiger charge is 2.24. The number of hydrogen-bond acceptors (Lipinski definition) is 5. The standard InChI is InChI=1S/C19H22N2O5S/c1-4-26-18-11-13(9-10-17(18)25-2)16(12-27(3,23)24)21-15-8-6-5-7-14(15)20-19(21)22/h5-11,16H,4,12H2,1-3H3,(H,20,22). The van der Waals surface area contributed by atoms with Gasteiger partial charge in [0.05, 0.1) is 36.5 Å². The van der Waals surface area contributed by atoms with Crippen LogP contribution in [0.2, 0.25) is 0 Å². The molecule has 0 spiro atoms. The molecular weight excluding hydrogens is 368 g/mol. The predicted molar refractivity (Wildman–Crippen MR) is 105 cm³/mol. The normalized spacial score (nSPS) is 12.9. The highest BCUT2D eigenvalue weighted by molar-refractivity contribution is 7.90. The van der Waals surface area contributed by atoms with Crippen LogP contribution in [-0.2, 0) is 9.84 Å². The smallest absolute Gasteiger partial charge is 0.327 e. The first-order chi connectivity index (χ1) is 12.8. The number of hydrogen-bond donors (Lipinski definition) is 1. The van der Waals surface area contributed by atoms with E-state index in [1.165, 1.54) is 11.7 Å².